The number of unbranched alkanes of at least 4 members (excludes halogenated alkanes) is 1. The number of ether oxygens (including phenoxy) is 1. The van der Waals surface area contributed by atoms with E-state index in [1.807, 2.05) is 20.8 Å². The Morgan fingerprint density at radius 2 is 1.85 bits per heavy atom. The summed E-state index contributed by atoms with van der Waals surface area (Å²) in [7, 11) is 2.23. The van der Waals surface area contributed by atoms with Crippen LogP contribution in [0.1, 0.15) is 65.7 Å². The molecule has 1 aliphatic rings. The molecule has 20 heavy (non-hydrogen) atoms. The molecular weight excluding hydrogens is 252 g/mol. The summed E-state index contributed by atoms with van der Waals surface area (Å²) < 4.78 is 5.20. The lowest BCUT2D eigenvalue weighted by Gasteiger charge is -2.31. The van der Waals surface area contributed by atoms with Crippen molar-refractivity contribution in [2.75, 3.05) is 20.1 Å². The standard InChI is InChI=1S/C16H32N2O2/c1-16(2,3)20-15(19)17-12-8-9-13-18(4)14-10-6-5-7-11-14/h14H,5-13H2,1-4H3,(H,17,19). The van der Waals surface area contributed by atoms with Crippen LogP contribution in [0.3, 0.4) is 0 Å². The summed E-state index contributed by atoms with van der Waals surface area (Å²) >= 11 is 0. The van der Waals surface area contributed by atoms with Gasteiger partial charge in [-0.15, -0.1) is 0 Å². The molecule has 1 aliphatic carbocycles. The summed E-state index contributed by atoms with van der Waals surface area (Å²) in [5.74, 6) is 0. The molecule has 1 rings (SSSR count). The van der Waals surface area contributed by atoms with Crippen LogP contribution in [-0.2, 0) is 4.74 Å². The van der Waals surface area contributed by atoms with Crippen molar-refractivity contribution in [3.8, 4) is 0 Å². The third-order valence-electron chi connectivity index (χ3n) is 3.80. The first-order chi connectivity index (χ1) is 9.38. The molecule has 0 aromatic heterocycles. The SMILES string of the molecule is CN(CCCCNC(=O)OC(C)(C)C)C1CCCCC1. The van der Waals surface area contributed by atoms with Gasteiger partial charge in [0.2, 0.25) is 0 Å². The highest BCUT2D eigenvalue weighted by Gasteiger charge is 2.17. The first-order valence-electron chi connectivity index (χ1n) is 8.05. The Morgan fingerprint density at radius 1 is 1.20 bits per heavy atom. The molecule has 1 amide bonds. The van der Waals surface area contributed by atoms with Crippen molar-refractivity contribution in [3.63, 3.8) is 0 Å². The van der Waals surface area contributed by atoms with Gasteiger partial charge in [0.05, 0.1) is 0 Å². The van der Waals surface area contributed by atoms with Crippen molar-refractivity contribution >= 4 is 6.09 Å². The molecule has 4 nitrogen and oxygen atoms in total. The van der Waals surface area contributed by atoms with E-state index in [1.54, 1.807) is 0 Å². The Labute approximate surface area is 124 Å². The second-order valence-corrected chi connectivity index (χ2v) is 6.91. The second kappa shape index (κ2) is 8.50. The van der Waals surface area contributed by atoms with E-state index < -0.39 is 5.60 Å². The molecule has 0 bridgehead atoms. The molecule has 1 saturated carbocycles. The lowest BCUT2D eigenvalue weighted by Crippen LogP contribution is -2.35. The highest BCUT2D eigenvalue weighted by Crippen LogP contribution is 2.21. The molecule has 0 atom stereocenters. The van der Waals surface area contributed by atoms with Gasteiger partial charge in [0.15, 0.2) is 0 Å². The summed E-state index contributed by atoms with van der Waals surface area (Å²) in [6.07, 6.45) is 8.71. The molecular formula is C16H32N2O2. The average molecular weight is 284 g/mol. The van der Waals surface area contributed by atoms with Gasteiger partial charge in [-0.2, -0.15) is 0 Å². The maximum Gasteiger partial charge on any atom is 0.407 e. The van der Waals surface area contributed by atoms with Crippen molar-refractivity contribution < 1.29 is 9.53 Å². The van der Waals surface area contributed by atoms with Crippen molar-refractivity contribution in [2.24, 2.45) is 0 Å². The van der Waals surface area contributed by atoms with Gasteiger partial charge in [-0.1, -0.05) is 19.3 Å². The Balaban J connectivity index is 2.02. The van der Waals surface area contributed by atoms with E-state index in [1.165, 1.54) is 32.1 Å². The number of alkyl carbamates (subject to hydrolysis) is 1. The molecule has 0 unspecified atom stereocenters. The van der Waals surface area contributed by atoms with Crippen molar-refractivity contribution in [1.29, 1.82) is 0 Å². The third kappa shape index (κ3) is 7.73. The molecule has 118 valence electrons. The Hall–Kier alpha value is -0.770. The summed E-state index contributed by atoms with van der Waals surface area (Å²) in [6.45, 7) is 7.47. The summed E-state index contributed by atoms with van der Waals surface area (Å²) in [5, 5.41) is 2.81. The summed E-state index contributed by atoms with van der Waals surface area (Å²) in [4.78, 5) is 14.0. The quantitative estimate of drug-likeness (QED) is 0.758. The van der Waals surface area contributed by atoms with Gasteiger partial charge >= 0.3 is 6.09 Å². The first-order valence-corrected chi connectivity index (χ1v) is 8.05. The molecule has 0 saturated heterocycles. The lowest BCUT2D eigenvalue weighted by atomic mass is 9.94. The fourth-order valence-electron chi connectivity index (χ4n) is 2.70. The number of rotatable bonds is 6. The predicted molar refractivity (Wildman–Crippen MR) is 83.0 cm³/mol. The van der Waals surface area contributed by atoms with Crippen LogP contribution >= 0.6 is 0 Å². The van der Waals surface area contributed by atoms with Crippen molar-refractivity contribution in [3.05, 3.63) is 0 Å². The normalized spacial score (nSPS) is 17.2. The van der Waals surface area contributed by atoms with Gasteiger partial charge in [0.25, 0.3) is 0 Å². The Kier molecular flexibility index (Phi) is 7.35. The van der Waals surface area contributed by atoms with Crippen LogP contribution in [-0.4, -0.2) is 42.8 Å². The summed E-state index contributed by atoms with van der Waals surface area (Å²) in [5.41, 5.74) is -0.411. The Bertz CT molecular complexity index is 281. The molecule has 0 heterocycles. The van der Waals surface area contributed by atoms with E-state index in [0.29, 0.717) is 6.54 Å². The maximum absolute atomic E-state index is 11.5. The molecule has 0 aromatic rings. The minimum Gasteiger partial charge on any atom is -0.444 e. The van der Waals surface area contributed by atoms with Gasteiger partial charge in [0, 0.05) is 12.6 Å². The van der Waals surface area contributed by atoms with Crippen LogP contribution in [0.4, 0.5) is 4.79 Å². The van der Waals surface area contributed by atoms with Gasteiger partial charge in [-0.3, -0.25) is 0 Å². The average Bonchev–Trinajstić information content (AvgIpc) is 2.37. The molecule has 1 fully saturated rings. The van der Waals surface area contributed by atoms with Crippen LogP contribution < -0.4 is 5.32 Å². The topological polar surface area (TPSA) is 41.6 Å². The zero-order valence-electron chi connectivity index (χ0n) is 13.7. The van der Waals surface area contributed by atoms with Gasteiger partial charge in [-0.25, -0.2) is 4.79 Å². The number of nitrogens with one attached hydrogen (secondary N) is 1. The smallest absolute Gasteiger partial charge is 0.407 e. The molecule has 1 N–H and O–H groups in total. The van der Waals surface area contributed by atoms with Crippen molar-refractivity contribution in [1.82, 2.24) is 10.2 Å². The Morgan fingerprint density at radius 3 is 2.45 bits per heavy atom. The van der Waals surface area contributed by atoms with Crippen molar-refractivity contribution in [2.45, 2.75) is 77.4 Å². The monoisotopic (exact) mass is 284 g/mol. The number of carbonyl (C=O) groups is 1. The van der Waals surface area contributed by atoms with E-state index in [4.69, 9.17) is 4.74 Å². The summed E-state index contributed by atoms with van der Waals surface area (Å²) in [6, 6.07) is 0.780. The van der Waals surface area contributed by atoms with Gasteiger partial charge in [0.1, 0.15) is 5.60 Å². The van der Waals surface area contributed by atoms with E-state index in [0.717, 1.165) is 25.4 Å². The molecule has 0 spiro atoms. The predicted octanol–water partition coefficient (Wildman–Crippen LogP) is 3.56. The van der Waals surface area contributed by atoms with E-state index in [9.17, 15) is 4.79 Å². The number of carbonyl (C=O) groups excluding carboxylic acids is 1. The third-order valence-corrected chi connectivity index (χ3v) is 3.80. The van der Waals surface area contributed by atoms with E-state index in [-0.39, 0.29) is 6.09 Å². The molecule has 0 aliphatic heterocycles. The maximum atomic E-state index is 11.5. The number of amides is 1. The molecule has 0 radical (unpaired) electrons. The highest BCUT2D eigenvalue weighted by molar-refractivity contribution is 5.67. The van der Waals surface area contributed by atoms with Crippen LogP contribution in [0.25, 0.3) is 0 Å². The van der Waals surface area contributed by atoms with Crippen LogP contribution in [0.15, 0.2) is 0 Å². The fraction of sp³-hybridized carbons (Fsp3) is 0.938. The minimum atomic E-state index is -0.411. The van der Waals surface area contributed by atoms with Crippen LogP contribution in [0.5, 0.6) is 0 Å². The van der Waals surface area contributed by atoms with E-state index in [2.05, 4.69) is 17.3 Å². The number of nitrogens with zero attached hydrogens (tertiary/aromatic N) is 1. The number of hydrogen-bond acceptors (Lipinski definition) is 3. The fourth-order valence-corrected chi connectivity index (χ4v) is 2.70. The van der Waals surface area contributed by atoms with Gasteiger partial charge < -0.3 is 15.0 Å². The van der Waals surface area contributed by atoms with Crippen LogP contribution in [0, 0.1) is 0 Å². The zero-order valence-corrected chi connectivity index (χ0v) is 13.7. The second-order valence-electron chi connectivity index (χ2n) is 6.91. The number of hydrogen-bond donors (Lipinski definition) is 1. The lowest BCUT2D eigenvalue weighted by molar-refractivity contribution is 0.0526. The zero-order chi connectivity index (χ0) is 15.0. The molecule has 0 aromatic carbocycles. The first kappa shape index (κ1) is 17.3. The molecule has 4 heteroatoms. The van der Waals surface area contributed by atoms with E-state index >= 15 is 0 Å². The minimum absolute atomic E-state index is 0.307. The van der Waals surface area contributed by atoms with Crippen LogP contribution in [0.2, 0.25) is 0 Å². The largest absolute Gasteiger partial charge is 0.444 e. The van der Waals surface area contributed by atoms with Gasteiger partial charge in [-0.05, 0) is 60.0 Å². The highest BCUT2D eigenvalue weighted by atomic mass is 16.6.